The number of nitrogens with zero attached hydrogens (tertiary/aromatic N) is 2. The number of likely N-dealkylation sites (tertiary alicyclic amines) is 1. The molecule has 1 aromatic carbocycles. The summed E-state index contributed by atoms with van der Waals surface area (Å²) in [6.45, 7) is 0.633. The average molecular weight is 368 g/mol. The highest BCUT2D eigenvalue weighted by atomic mass is 19.1. The fraction of sp³-hybridized carbons (Fsp3) is 0.333. The number of carboxylic acid groups (broad SMARTS) is 1. The van der Waals surface area contributed by atoms with Gasteiger partial charge in [0.15, 0.2) is 0 Å². The van der Waals surface area contributed by atoms with E-state index in [1.54, 1.807) is 17.3 Å². The van der Waals surface area contributed by atoms with Crippen molar-refractivity contribution in [2.24, 2.45) is 5.92 Å². The Morgan fingerprint density at radius 2 is 1.73 bits per heavy atom. The lowest BCUT2D eigenvalue weighted by molar-refractivity contribution is -0.122. The van der Waals surface area contributed by atoms with Crippen LogP contribution in [0.15, 0.2) is 36.7 Å². The first kappa shape index (κ1) is 19.9. The molecule has 1 fully saturated rings. The van der Waals surface area contributed by atoms with Crippen LogP contribution >= 0.6 is 0 Å². The molecule has 0 spiro atoms. The van der Waals surface area contributed by atoms with Crippen LogP contribution in [0.2, 0.25) is 0 Å². The Kier molecular flexibility index (Phi) is 7.11. The van der Waals surface area contributed by atoms with Crippen molar-refractivity contribution in [2.75, 3.05) is 13.1 Å². The molecule has 1 aromatic heterocycles. The first-order chi connectivity index (χ1) is 12.4. The molecule has 0 radical (unpaired) electrons. The lowest BCUT2D eigenvalue weighted by Gasteiger charge is -2.16. The normalized spacial score (nSPS) is 19.7. The van der Waals surface area contributed by atoms with Gasteiger partial charge < -0.3 is 10.2 Å². The van der Waals surface area contributed by atoms with E-state index in [2.05, 4.69) is 4.98 Å². The van der Waals surface area contributed by atoms with E-state index in [1.807, 2.05) is 12.1 Å². The van der Waals surface area contributed by atoms with Crippen molar-refractivity contribution in [3.05, 3.63) is 65.2 Å². The SMILES string of the molecule is O=CO.O[C@@H]1CN(Cc2c(F)cc(F)cc2F)C[C@H]1Cc1ccncc1. The second-order valence-corrected chi connectivity index (χ2v) is 6.03. The van der Waals surface area contributed by atoms with E-state index in [9.17, 15) is 18.3 Å². The van der Waals surface area contributed by atoms with Crippen molar-refractivity contribution in [3.63, 3.8) is 0 Å². The Morgan fingerprint density at radius 3 is 2.31 bits per heavy atom. The van der Waals surface area contributed by atoms with Gasteiger partial charge in [0.05, 0.1) is 6.10 Å². The molecule has 2 aromatic rings. The van der Waals surface area contributed by atoms with Gasteiger partial charge in [-0.1, -0.05) is 0 Å². The molecule has 0 saturated carbocycles. The molecular formula is C18H19F3N2O3. The lowest BCUT2D eigenvalue weighted by Crippen LogP contribution is -2.22. The molecule has 26 heavy (non-hydrogen) atoms. The number of aliphatic hydroxyl groups is 1. The minimum atomic E-state index is -0.930. The number of β-amino-alcohol motifs (C(OH)–C–C–N with tert-alkyl or cyclic N) is 1. The monoisotopic (exact) mass is 368 g/mol. The van der Waals surface area contributed by atoms with Gasteiger partial charge in [-0.2, -0.15) is 0 Å². The lowest BCUT2D eigenvalue weighted by atomic mass is 9.97. The van der Waals surface area contributed by atoms with E-state index < -0.39 is 23.6 Å². The van der Waals surface area contributed by atoms with Gasteiger partial charge in [-0.05, 0) is 24.1 Å². The van der Waals surface area contributed by atoms with Crippen molar-refractivity contribution in [1.82, 2.24) is 9.88 Å². The van der Waals surface area contributed by atoms with Crippen LogP contribution < -0.4 is 0 Å². The molecule has 2 atom stereocenters. The Labute approximate surface area is 148 Å². The Morgan fingerprint density at radius 1 is 1.15 bits per heavy atom. The number of hydrogen-bond acceptors (Lipinski definition) is 4. The third kappa shape index (κ3) is 5.27. The first-order valence-corrected chi connectivity index (χ1v) is 7.95. The van der Waals surface area contributed by atoms with Gasteiger partial charge in [-0.15, -0.1) is 0 Å². The maximum atomic E-state index is 13.7. The highest BCUT2D eigenvalue weighted by Crippen LogP contribution is 2.25. The zero-order chi connectivity index (χ0) is 19.1. The van der Waals surface area contributed by atoms with Gasteiger partial charge in [-0.25, -0.2) is 13.2 Å². The van der Waals surface area contributed by atoms with Crippen molar-refractivity contribution < 1.29 is 28.2 Å². The van der Waals surface area contributed by atoms with Crippen LogP contribution in [0.5, 0.6) is 0 Å². The highest BCUT2D eigenvalue weighted by molar-refractivity contribution is 5.32. The molecule has 8 heteroatoms. The standard InChI is InChI=1S/C17H17F3N2O.CH2O2/c18-13-6-15(19)14(16(20)7-13)9-22-8-12(17(23)10-22)5-11-1-3-21-4-2-11;2-1-3/h1-4,6-7,12,17,23H,5,8-10H2;1H,(H,2,3)/t12-,17-;/m1./s1. The fourth-order valence-electron chi connectivity index (χ4n) is 3.04. The van der Waals surface area contributed by atoms with Crippen LogP contribution in [0.25, 0.3) is 0 Å². The summed E-state index contributed by atoms with van der Waals surface area (Å²) in [5.74, 6) is -2.73. The number of pyridine rings is 1. The average Bonchev–Trinajstić information content (AvgIpc) is 2.92. The van der Waals surface area contributed by atoms with Crippen LogP contribution in [-0.2, 0) is 17.8 Å². The molecule has 1 aliphatic rings. The van der Waals surface area contributed by atoms with Crippen LogP contribution in [0.3, 0.4) is 0 Å². The van der Waals surface area contributed by atoms with Gasteiger partial charge in [0, 0.05) is 55.6 Å². The van der Waals surface area contributed by atoms with Crippen LogP contribution in [-0.4, -0.2) is 45.8 Å². The summed E-state index contributed by atoms with van der Waals surface area (Å²) in [5, 5.41) is 17.1. The summed E-state index contributed by atoms with van der Waals surface area (Å²) < 4.78 is 40.4. The summed E-state index contributed by atoms with van der Waals surface area (Å²) in [4.78, 5) is 14.1. The molecule has 0 unspecified atom stereocenters. The number of hydrogen-bond donors (Lipinski definition) is 2. The molecule has 5 nitrogen and oxygen atoms in total. The van der Waals surface area contributed by atoms with Crippen LogP contribution in [0, 0.1) is 23.4 Å². The number of carbonyl (C=O) groups is 1. The van der Waals surface area contributed by atoms with Gasteiger partial charge in [0.2, 0.25) is 0 Å². The molecule has 0 bridgehead atoms. The maximum absolute atomic E-state index is 13.7. The summed E-state index contributed by atoms with van der Waals surface area (Å²) in [5.41, 5.74) is 0.896. The van der Waals surface area contributed by atoms with Crippen molar-refractivity contribution >= 4 is 6.47 Å². The Bertz CT molecular complexity index is 708. The molecule has 1 aliphatic heterocycles. The number of aromatic nitrogens is 1. The van der Waals surface area contributed by atoms with Gasteiger partial charge in [0.25, 0.3) is 6.47 Å². The van der Waals surface area contributed by atoms with E-state index in [1.165, 1.54) is 0 Å². The van der Waals surface area contributed by atoms with Crippen LogP contribution in [0.1, 0.15) is 11.1 Å². The second-order valence-electron chi connectivity index (χ2n) is 6.03. The van der Waals surface area contributed by atoms with E-state index in [4.69, 9.17) is 9.90 Å². The second kappa shape index (κ2) is 9.30. The summed E-state index contributed by atoms with van der Waals surface area (Å²) in [7, 11) is 0. The Hall–Kier alpha value is -2.45. The zero-order valence-corrected chi connectivity index (χ0v) is 13.9. The minimum Gasteiger partial charge on any atom is -0.483 e. The van der Waals surface area contributed by atoms with Crippen molar-refractivity contribution in [2.45, 2.75) is 19.1 Å². The molecule has 3 rings (SSSR count). The van der Waals surface area contributed by atoms with Gasteiger partial charge >= 0.3 is 0 Å². The molecule has 0 amide bonds. The van der Waals surface area contributed by atoms with Gasteiger partial charge in [-0.3, -0.25) is 14.7 Å². The van der Waals surface area contributed by atoms with Gasteiger partial charge in [0.1, 0.15) is 17.5 Å². The summed E-state index contributed by atoms with van der Waals surface area (Å²) in [6, 6.07) is 5.13. The Balaban J connectivity index is 0.000000758. The van der Waals surface area contributed by atoms with Crippen molar-refractivity contribution in [1.29, 1.82) is 0 Å². The largest absolute Gasteiger partial charge is 0.483 e. The zero-order valence-electron chi connectivity index (χ0n) is 13.9. The third-order valence-electron chi connectivity index (χ3n) is 4.22. The first-order valence-electron chi connectivity index (χ1n) is 7.95. The molecule has 0 aliphatic carbocycles. The molecule has 1 saturated heterocycles. The molecule has 2 heterocycles. The van der Waals surface area contributed by atoms with Crippen LogP contribution in [0.4, 0.5) is 13.2 Å². The predicted molar refractivity (Wildman–Crippen MR) is 87.7 cm³/mol. The number of benzene rings is 1. The fourth-order valence-corrected chi connectivity index (χ4v) is 3.04. The number of halogens is 3. The van der Waals surface area contributed by atoms with Crippen molar-refractivity contribution in [3.8, 4) is 0 Å². The molecule has 2 N–H and O–H groups in total. The summed E-state index contributed by atoms with van der Waals surface area (Å²) >= 11 is 0. The molecule has 140 valence electrons. The third-order valence-corrected chi connectivity index (χ3v) is 4.22. The van der Waals surface area contributed by atoms with E-state index in [-0.39, 0.29) is 24.5 Å². The predicted octanol–water partition coefficient (Wildman–Crippen LogP) is 2.24. The molecular weight excluding hydrogens is 349 g/mol. The smallest absolute Gasteiger partial charge is 0.290 e. The summed E-state index contributed by atoms with van der Waals surface area (Å²) in [6.07, 6.45) is 3.50. The number of aliphatic hydroxyl groups excluding tert-OH is 1. The maximum Gasteiger partial charge on any atom is 0.290 e. The quantitative estimate of drug-likeness (QED) is 0.810. The van der Waals surface area contributed by atoms with E-state index in [0.29, 0.717) is 31.6 Å². The number of rotatable bonds is 4. The van der Waals surface area contributed by atoms with E-state index >= 15 is 0 Å². The topological polar surface area (TPSA) is 73.7 Å². The van der Waals surface area contributed by atoms with E-state index in [0.717, 1.165) is 5.56 Å². The minimum absolute atomic E-state index is 0.0102. The highest BCUT2D eigenvalue weighted by Gasteiger charge is 2.32.